The lowest BCUT2D eigenvalue weighted by molar-refractivity contribution is 0.471. The Labute approximate surface area is 99.8 Å². The molecule has 0 aromatic heterocycles. The van der Waals surface area contributed by atoms with Crippen molar-refractivity contribution in [2.45, 2.75) is 0 Å². The molecule has 2 N–H and O–H groups in total. The molecule has 0 spiro atoms. The summed E-state index contributed by atoms with van der Waals surface area (Å²) >= 11 is 0. The average Bonchev–Trinajstić information content (AvgIpc) is 2.38. The number of hydrogen-bond acceptors (Lipinski definition) is 0. The number of aliphatic hydroxyl groups excluding tert-OH is 1. The van der Waals surface area contributed by atoms with Crippen LogP contribution in [0.1, 0.15) is 11.1 Å². The zero-order valence-electron chi connectivity index (χ0n) is 9.25. The number of rotatable bonds is 3. The fraction of sp³-hybridized carbons (Fsp3) is 0. The Kier molecular flexibility index (Phi) is 3.36. The molecular formula is C15H13O2+. The van der Waals surface area contributed by atoms with Crippen molar-refractivity contribution in [1.82, 2.24) is 0 Å². The highest BCUT2D eigenvalue weighted by molar-refractivity contribution is 6.21. The lowest BCUT2D eigenvalue weighted by atomic mass is 10.0. The maximum atomic E-state index is 9.33. The van der Waals surface area contributed by atoms with Crippen molar-refractivity contribution in [2.24, 2.45) is 0 Å². The van der Waals surface area contributed by atoms with E-state index in [0.29, 0.717) is 5.57 Å². The molecule has 2 aromatic rings. The summed E-state index contributed by atoms with van der Waals surface area (Å²) in [5.74, 6) is -0.667. The van der Waals surface area contributed by atoms with E-state index in [4.69, 9.17) is 0 Å². The Morgan fingerprint density at radius 3 is 1.94 bits per heavy atom. The van der Waals surface area contributed by atoms with E-state index < -0.39 is 5.97 Å². The first-order valence-corrected chi connectivity index (χ1v) is 5.35. The summed E-state index contributed by atoms with van der Waals surface area (Å²) in [6, 6.07) is 18.8. The summed E-state index contributed by atoms with van der Waals surface area (Å²) in [6.45, 7) is 0. The molecule has 0 fully saturated rings. The van der Waals surface area contributed by atoms with Gasteiger partial charge in [-0.05, 0) is 17.2 Å². The van der Waals surface area contributed by atoms with E-state index in [0.717, 1.165) is 11.1 Å². The summed E-state index contributed by atoms with van der Waals surface area (Å²) in [6.07, 6.45) is 1.74. The SMILES string of the molecule is OC(=[OH+])/C(=C/c1ccccc1)c1ccccc1. The van der Waals surface area contributed by atoms with Crippen LogP contribution >= 0.6 is 0 Å². The van der Waals surface area contributed by atoms with Gasteiger partial charge in [0.15, 0.2) is 0 Å². The number of hydrogen-bond donors (Lipinski definition) is 1. The highest BCUT2D eigenvalue weighted by Gasteiger charge is 2.16. The summed E-state index contributed by atoms with van der Waals surface area (Å²) in [5.41, 5.74) is 2.11. The molecule has 2 rings (SSSR count). The Balaban J connectivity index is 2.44. The van der Waals surface area contributed by atoms with Crippen LogP contribution in [0.25, 0.3) is 11.6 Å². The van der Waals surface area contributed by atoms with Gasteiger partial charge in [-0.1, -0.05) is 60.7 Å². The van der Waals surface area contributed by atoms with Gasteiger partial charge in [-0.25, -0.2) is 0 Å². The molecule has 2 aromatic carbocycles. The van der Waals surface area contributed by atoms with Crippen molar-refractivity contribution in [2.75, 3.05) is 0 Å². The van der Waals surface area contributed by atoms with Crippen LogP contribution in [-0.2, 0) is 0 Å². The van der Waals surface area contributed by atoms with Crippen molar-refractivity contribution < 1.29 is 9.90 Å². The minimum atomic E-state index is -0.667. The zero-order chi connectivity index (χ0) is 12.1. The van der Waals surface area contributed by atoms with Crippen LogP contribution in [0.2, 0.25) is 0 Å². The molecule has 0 aliphatic carbocycles. The van der Waals surface area contributed by atoms with Crippen molar-refractivity contribution in [3.63, 3.8) is 0 Å². The minimum Gasteiger partial charge on any atom is -0.335 e. The quantitative estimate of drug-likeness (QED) is 0.486. The molecule has 0 bridgehead atoms. The fourth-order valence-corrected chi connectivity index (χ4v) is 1.61. The zero-order valence-corrected chi connectivity index (χ0v) is 9.25. The Bertz CT molecular complexity index is 527. The molecule has 0 amide bonds. The summed E-state index contributed by atoms with van der Waals surface area (Å²) in [5, 5.41) is 9.33. The van der Waals surface area contributed by atoms with Crippen LogP contribution in [0, 0.1) is 0 Å². The molecule has 0 heterocycles. The van der Waals surface area contributed by atoms with Crippen LogP contribution < -0.4 is 0 Å². The molecule has 2 heteroatoms. The molecule has 0 saturated heterocycles. The van der Waals surface area contributed by atoms with Gasteiger partial charge < -0.3 is 9.90 Å². The van der Waals surface area contributed by atoms with Gasteiger partial charge in [-0.15, -0.1) is 0 Å². The maximum absolute atomic E-state index is 9.33. The number of benzene rings is 2. The summed E-state index contributed by atoms with van der Waals surface area (Å²) in [4.78, 5) is 9.33. The number of aliphatic carboxylic acids is 1. The molecule has 0 saturated carbocycles. The first-order valence-electron chi connectivity index (χ1n) is 5.35. The average molecular weight is 225 g/mol. The van der Waals surface area contributed by atoms with Gasteiger partial charge in [0.2, 0.25) is 0 Å². The van der Waals surface area contributed by atoms with Gasteiger partial charge in [0.05, 0.1) is 0 Å². The predicted octanol–water partition coefficient (Wildman–Crippen LogP) is 3.29. The molecule has 0 aliphatic heterocycles. The van der Waals surface area contributed by atoms with Crippen molar-refractivity contribution in [3.8, 4) is 0 Å². The third kappa shape index (κ3) is 2.82. The minimum absolute atomic E-state index is 0.414. The second kappa shape index (κ2) is 5.12. The van der Waals surface area contributed by atoms with Crippen LogP contribution in [-0.4, -0.2) is 15.9 Å². The molecule has 2 nitrogen and oxygen atoms in total. The first-order chi connectivity index (χ1) is 8.27. The van der Waals surface area contributed by atoms with Crippen LogP contribution in [0.4, 0.5) is 0 Å². The van der Waals surface area contributed by atoms with E-state index in [1.54, 1.807) is 6.08 Å². The molecule has 17 heavy (non-hydrogen) atoms. The number of carboxylic acid groups (broad SMARTS) is 1. The Hall–Kier alpha value is -2.35. The van der Waals surface area contributed by atoms with E-state index in [2.05, 4.69) is 0 Å². The topological polar surface area (TPSA) is 41.6 Å². The normalized spacial score (nSPS) is 11.2. The van der Waals surface area contributed by atoms with Gasteiger partial charge in [0.25, 0.3) is 0 Å². The third-order valence-electron chi connectivity index (χ3n) is 2.44. The third-order valence-corrected chi connectivity index (χ3v) is 2.44. The Morgan fingerprint density at radius 2 is 1.41 bits per heavy atom. The fourth-order valence-electron chi connectivity index (χ4n) is 1.61. The predicted molar refractivity (Wildman–Crippen MR) is 70.3 cm³/mol. The van der Waals surface area contributed by atoms with Gasteiger partial charge in [0.1, 0.15) is 5.57 Å². The van der Waals surface area contributed by atoms with Gasteiger partial charge in [0, 0.05) is 0 Å². The van der Waals surface area contributed by atoms with Crippen LogP contribution in [0.15, 0.2) is 60.7 Å². The standard InChI is InChI=1S/C15H12O2/c16-15(17)14(13-9-5-2-6-10-13)11-12-7-3-1-4-8-12/h1-11H,(H,16,17)/p+1/b14-11+. The molecule has 0 aliphatic rings. The van der Waals surface area contributed by atoms with E-state index in [-0.39, 0.29) is 0 Å². The number of carboxylic acids is 1. The molecular weight excluding hydrogens is 212 g/mol. The van der Waals surface area contributed by atoms with E-state index >= 15 is 0 Å². The van der Waals surface area contributed by atoms with E-state index in [9.17, 15) is 9.90 Å². The summed E-state index contributed by atoms with van der Waals surface area (Å²) in [7, 11) is 0. The van der Waals surface area contributed by atoms with Crippen molar-refractivity contribution >= 4 is 17.6 Å². The lowest BCUT2D eigenvalue weighted by Crippen LogP contribution is -1.99. The highest BCUT2D eigenvalue weighted by Crippen LogP contribution is 2.18. The van der Waals surface area contributed by atoms with Crippen molar-refractivity contribution in [1.29, 1.82) is 0 Å². The smallest absolute Gasteiger partial charge is 0.335 e. The van der Waals surface area contributed by atoms with E-state index in [1.807, 2.05) is 60.7 Å². The monoisotopic (exact) mass is 225 g/mol. The van der Waals surface area contributed by atoms with Crippen LogP contribution in [0.5, 0.6) is 0 Å². The van der Waals surface area contributed by atoms with Gasteiger partial charge in [-0.2, -0.15) is 0 Å². The molecule has 0 radical (unpaired) electrons. The summed E-state index contributed by atoms with van der Waals surface area (Å²) < 4.78 is 0. The molecule has 84 valence electrons. The van der Waals surface area contributed by atoms with Crippen molar-refractivity contribution in [3.05, 3.63) is 71.8 Å². The molecule has 0 unspecified atom stereocenters. The Morgan fingerprint density at radius 1 is 0.882 bits per heavy atom. The lowest BCUT2D eigenvalue weighted by Gasteiger charge is -1.99. The second-order valence-corrected chi connectivity index (χ2v) is 3.66. The van der Waals surface area contributed by atoms with E-state index in [1.165, 1.54) is 0 Å². The second-order valence-electron chi connectivity index (χ2n) is 3.66. The maximum Gasteiger partial charge on any atom is 0.516 e. The van der Waals surface area contributed by atoms with Crippen LogP contribution in [0.3, 0.4) is 0 Å². The van der Waals surface area contributed by atoms with Gasteiger partial charge in [-0.3, -0.25) is 0 Å². The highest BCUT2D eigenvalue weighted by atomic mass is 16.4. The first kappa shape index (κ1) is 11.1. The van der Waals surface area contributed by atoms with Gasteiger partial charge >= 0.3 is 5.97 Å². The molecule has 0 atom stereocenters. The largest absolute Gasteiger partial charge is 0.516 e.